The molecule has 0 spiro atoms. The topological polar surface area (TPSA) is 94.0 Å². The van der Waals surface area contributed by atoms with Crippen LogP contribution in [-0.4, -0.2) is 23.3 Å². The van der Waals surface area contributed by atoms with E-state index < -0.39 is 0 Å². The first kappa shape index (κ1) is 21.3. The molecule has 30 heavy (non-hydrogen) atoms. The van der Waals surface area contributed by atoms with Crippen molar-refractivity contribution in [2.75, 3.05) is 13.2 Å². The third-order valence-electron chi connectivity index (χ3n) is 4.30. The number of hydrogen-bond acceptors (Lipinski definition) is 6. The second kappa shape index (κ2) is 9.38. The first-order valence-electron chi connectivity index (χ1n) is 9.85. The third kappa shape index (κ3) is 5.79. The summed E-state index contributed by atoms with van der Waals surface area (Å²) in [6.45, 7) is 7.37. The van der Waals surface area contributed by atoms with Crippen molar-refractivity contribution in [1.29, 1.82) is 5.26 Å². The van der Waals surface area contributed by atoms with Gasteiger partial charge in [0.25, 0.3) is 0 Å². The number of hydrogen-bond donors (Lipinski definition) is 1. The number of aromatic nitrogens is 2. The standard InChI is InChI=1S/C24H26N4O2/c1-24(2,3)16-29-23-13-20(15-27-28-23)30-22-12-18(14-26)6-9-21(22)19-7-4-17(5-8-19)10-11-25/h4-9,12-13,15H,10-11,16,25H2,1-3H3. The summed E-state index contributed by atoms with van der Waals surface area (Å²) >= 11 is 0. The molecule has 0 aliphatic carbocycles. The summed E-state index contributed by atoms with van der Waals surface area (Å²) in [7, 11) is 0. The number of benzene rings is 2. The number of ether oxygens (including phenoxy) is 2. The molecule has 6 nitrogen and oxygen atoms in total. The summed E-state index contributed by atoms with van der Waals surface area (Å²) in [5, 5.41) is 17.3. The Kier molecular flexibility index (Phi) is 6.65. The molecule has 0 fully saturated rings. The van der Waals surface area contributed by atoms with Gasteiger partial charge in [-0.1, -0.05) is 45.0 Å². The fourth-order valence-corrected chi connectivity index (χ4v) is 2.81. The molecular weight excluding hydrogens is 376 g/mol. The molecule has 154 valence electrons. The molecule has 0 atom stereocenters. The van der Waals surface area contributed by atoms with Crippen LogP contribution in [0.25, 0.3) is 11.1 Å². The molecule has 0 amide bonds. The molecule has 2 aromatic carbocycles. The smallest absolute Gasteiger partial charge is 0.237 e. The second-order valence-corrected chi connectivity index (χ2v) is 8.24. The van der Waals surface area contributed by atoms with Gasteiger partial charge in [-0.25, -0.2) is 0 Å². The molecule has 1 aromatic heterocycles. The Balaban J connectivity index is 1.89. The summed E-state index contributed by atoms with van der Waals surface area (Å²) in [5.74, 6) is 1.45. The summed E-state index contributed by atoms with van der Waals surface area (Å²) in [6.07, 6.45) is 2.36. The molecule has 0 bridgehead atoms. The van der Waals surface area contributed by atoms with Crippen molar-refractivity contribution in [3.05, 3.63) is 65.9 Å². The Morgan fingerprint density at radius 2 is 1.83 bits per heavy atom. The zero-order valence-electron chi connectivity index (χ0n) is 17.6. The van der Waals surface area contributed by atoms with E-state index in [1.165, 1.54) is 11.8 Å². The minimum absolute atomic E-state index is 0.00288. The predicted molar refractivity (Wildman–Crippen MR) is 116 cm³/mol. The highest BCUT2D eigenvalue weighted by Crippen LogP contribution is 2.35. The van der Waals surface area contributed by atoms with Crippen LogP contribution in [0.3, 0.4) is 0 Å². The van der Waals surface area contributed by atoms with E-state index in [0.29, 0.717) is 36.1 Å². The lowest BCUT2D eigenvalue weighted by Gasteiger charge is -2.18. The van der Waals surface area contributed by atoms with E-state index in [-0.39, 0.29) is 5.41 Å². The summed E-state index contributed by atoms with van der Waals surface area (Å²) in [4.78, 5) is 0. The van der Waals surface area contributed by atoms with E-state index in [1.807, 2.05) is 18.2 Å². The molecule has 1 heterocycles. The van der Waals surface area contributed by atoms with Gasteiger partial charge < -0.3 is 15.2 Å². The molecular formula is C24H26N4O2. The fourth-order valence-electron chi connectivity index (χ4n) is 2.81. The SMILES string of the molecule is CC(C)(C)COc1cc(Oc2cc(C#N)ccc2-c2ccc(CCN)cc2)cnn1. The van der Waals surface area contributed by atoms with Gasteiger partial charge in [-0.2, -0.15) is 10.4 Å². The van der Waals surface area contributed by atoms with E-state index in [4.69, 9.17) is 15.2 Å². The van der Waals surface area contributed by atoms with Crippen LogP contribution >= 0.6 is 0 Å². The van der Waals surface area contributed by atoms with Crippen LogP contribution in [0.2, 0.25) is 0 Å². The number of rotatable bonds is 7. The monoisotopic (exact) mass is 402 g/mol. The van der Waals surface area contributed by atoms with E-state index in [9.17, 15) is 5.26 Å². The fraction of sp³-hybridized carbons (Fsp3) is 0.292. The Morgan fingerprint density at radius 3 is 2.50 bits per heavy atom. The van der Waals surface area contributed by atoms with Gasteiger partial charge in [0.05, 0.1) is 24.4 Å². The first-order chi connectivity index (χ1) is 14.4. The van der Waals surface area contributed by atoms with Gasteiger partial charge in [-0.15, -0.1) is 5.10 Å². The van der Waals surface area contributed by atoms with Crippen LogP contribution in [0.5, 0.6) is 17.4 Å². The Hall–Kier alpha value is -3.43. The predicted octanol–water partition coefficient (Wildman–Crippen LogP) is 4.73. The Morgan fingerprint density at radius 1 is 1.07 bits per heavy atom. The van der Waals surface area contributed by atoms with Crippen molar-refractivity contribution < 1.29 is 9.47 Å². The highest BCUT2D eigenvalue weighted by molar-refractivity contribution is 5.72. The van der Waals surface area contributed by atoms with E-state index >= 15 is 0 Å². The molecule has 0 aliphatic heterocycles. The highest BCUT2D eigenvalue weighted by atomic mass is 16.5. The number of nitrogens with two attached hydrogens (primary N) is 1. The van der Waals surface area contributed by atoms with Crippen molar-refractivity contribution in [1.82, 2.24) is 10.2 Å². The van der Waals surface area contributed by atoms with Crippen LogP contribution in [-0.2, 0) is 6.42 Å². The van der Waals surface area contributed by atoms with Crippen LogP contribution < -0.4 is 15.2 Å². The van der Waals surface area contributed by atoms with Crippen LogP contribution in [0.4, 0.5) is 0 Å². The number of nitriles is 1. The van der Waals surface area contributed by atoms with Crippen molar-refractivity contribution >= 4 is 0 Å². The van der Waals surface area contributed by atoms with Gasteiger partial charge in [-0.05, 0) is 47.7 Å². The average Bonchev–Trinajstić information content (AvgIpc) is 2.73. The van der Waals surface area contributed by atoms with Crippen molar-refractivity contribution in [2.45, 2.75) is 27.2 Å². The maximum Gasteiger partial charge on any atom is 0.237 e. The normalized spacial score (nSPS) is 11.0. The maximum atomic E-state index is 9.32. The molecule has 0 saturated carbocycles. The number of nitrogens with zero attached hydrogens (tertiary/aromatic N) is 3. The zero-order chi connectivity index (χ0) is 21.6. The Labute approximate surface area is 177 Å². The van der Waals surface area contributed by atoms with Gasteiger partial charge in [0.15, 0.2) is 5.75 Å². The molecule has 3 aromatic rings. The molecule has 0 radical (unpaired) electrons. The van der Waals surface area contributed by atoms with E-state index in [2.05, 4.69) is 49.2 Å². The molecule has 0 aliphatic rings. The molecule has 6 heteroatoms. The lowest BCUT2D eigenvalue weighted by molar-refractivity contribution is 0.189. The minimum Gasteiger partial charge on any atom is -0.476 e. The summed E-state index contributed by atoms with van der Waals surface area (Å²) in [6, 6.07) is 17.4. The minimum atomic E-state index is 0.00288. The van der Waals surface area contributed by atoms with Gasteiger partial charge >= 0.3 is 0 Å². The molecule has 2 N–H and O–H groups in total. The van der Waals surface area contributed by atoms with Crippen molar-refractivity contribution in [2.24, 2.45) is 11.1 Å². The van der Waals surface area contributed by atoms with Crippen LogP contribution in [0.15, 0.2) is 54.7 Å². The molecule has 0 saturated heterocycles. The van der Waals surface area contributed by atoms with E-state index in [0.717, 1.165) is 17.5 Å². The second-order valence-electron chi connectivity index (χ2n) is 8.24. The largest absolute Gasteiger partial charge is 0.476 e. The first-order valence-corrected chi connectivity index (χ1v) is 9.85. The lowest BCUT2D eigenvalue weighted by atomic mass is 9.99. The van der Waals surface area contributed by atoms with Crippen LogP contribution in [0.1, 0.15) is 31.9 Å². The summed E-state index contributed by atoms with van der Waals surface area (Å²) < 4.78 is 11.8. The van der Waals surface area contributed by atoms with Crippen molar-refractivity contribution in [3.8, 4) is 34.6 Å². The van der Waals surface area contributed by atoms with Gasteiger partial charge in [0.1, 0.15) is 5.75 Å². The van der Waals surface area contributed by atoms with Gasteiger partial charge in [0, 0.05) is 11.6 Å². The quantitative estimate of drug-likeness (QED) is 0.614. The molecule has 0 unspecified atom stereocenters. The van der Waals surface area contributed by atoms with Gasteiger partial charge in [-0.3, -0.25) is 0 Å². The summed E-state index contributed by atoms with van der Waals surface area (Å²) in [5.41, 5.74) is 9.20. The molecule has 3 rings (SSSR count). The third-order valence-corrected chi connectivity index (χ3v) is 4.30. The Bertz CT molecular complexity index is 1030. The van der Waals surface area contributed by atoms with E-state index in [1.54, 1.807) is 18.2 Å². The lowest BCUT2D eigenvalue weighted by Crippen LogP contribution is -2.17. The van der Waals surface area contributed by atoms with Crippen molar-refractivity contribution in [3.63, 3.8) is 0 Å². The maximum absolute atomic E-state index is 9.32. The average molecular weight is 402 g/mol. The highest BCUT2D eigenvalue weighted by Gasteiger charge is 2.14. The van der Waals surface area contributed by atoms with Gasteiger partial charge in [0.2, 0.25) is 5.88 Å². The van der Waals surface area contributed by atoms with Crippen LogP contribution in [0, 0.1) is 16.7 Å². The zero-order valence-corrected chi connectivity index (χ0v) is 17.6.